The molecule has 0 atom stereocenters. The van der Waals surface area contributed by atoms with E-state index in [4.69, 9.17) is 9.47 Å². The molecule has 3 rings (SSSR count). The van der Waals surface area contributed by atoms with Crippen molar-refractivity contribution in [1.29, 1.82) is 0 Å². The van der Waals surface area contributed by atoms with Gasteiger partial charge in [-0.15, -0.1) is 0 Å². The van der Waals surface area contributed by atoms with Gasteiger partial charge in [-0.3, -0.25) is 14.5 Å². The van der Waals surface area contributed by atoms with E-state index in [9.17, 15) is 9.59 Å². The number of aryl methyl sites for hydroxylation is 2. The molecular formula is C21H22N2O4S. The first kappa shape index (κ1) is 19.8. The second-order valence-corrected chi connectivity index (χ2v) is 7.37. The van der Waals surface area contributed by atoms with E-state index in [0.29, 0.717) is 16.4 Å². The lowest BCUT2D eigenvalue weighted by Crippen LogP contribution is -2.33. The van der Waals surface area contributed by atoms with Crippen molar-refractivity contribution in [2.75, 3.05) is 26.2 Å². The van der Waals surface area contributed by atoms with Crippen molar-refractivity contribution >= 4 is 34.7 Å². The molecule has 2 amide bonds. The number of rotatable bonds is 6. The van der Waals surface area contributed by atoms with E-state index in [1.807, 2.05) is 38.1 Å². The molecule has 1 aliphatic rings. The molecule has 0 bridgehead atoms. The highest BCUT2D eigenvalue weighted by molar-refractivity contribution is 8.18. The summed E-state index contributed by atoms with van der Waals surface area (Å²) in [6.07, 6.45) is 1.68. The summed E-state index contributed by atoms with van der Waals surface area (Å²) < 4.78 is 10.5. The summed E-state index contributed by atoms with van der Waals surface area (Å²) in [5, 5.41) is 2.87. The van der Waals surface area contributed by atoms with Crippen LogP contribution in [0.5, 0.6) is 11.5 Å². The lowest BCUT2D eigenvalue weighted by atomic mass is 10.1. The van der Waals surface area contributed by atoms with Crippen LogP contribution in [0.4, 0.5) is 10.5 Å². The molecule has 28 heavy (non-hydrogen) atoms. The molecule has 0 radical (unpaired) electrons. The summed E-state index contributed by atoms with van der Waals surface area (Å²) in [7, 11) is 3.11. The number of ether oxygens (including phenoxy) is 2. The zero-order valence-corrected chi connectivity index (χ0v) is 17.1. The van der Waals surface area contributed by atoms with E-state index >= 15 is 0 Å². The van der Waals surface area contributed by atoms with Crippen molar-refractivity contribution in [2.45, 2.75) is 13.8 Å². The molecule has 6 nitrogen and oxygen atoms in total. The van der Waals surface area contributed by atoms with Crippen molar-refractivity contribution in [3.8, 4) is 11.5 Å². The second kappa shape index (κ2) is 8.39. The Labute approximate surface area is 168 Å². The first-order valence-corrected chi connectivity index (χ1v) is 9.53. The minimum Gasteiger partial charge on any atom is -0.493 e. The van der Waals surface area contributed by atoms with Gasteiger partial charge < -0.3 is 14.8 Å². The van der Waals surface area contributed by atoms with Gasteiger partial charge >= 0.3 is 0 Å². The fourth-order valence-electron chi connectivity index (χ4n) is 2.91. The maximum atomic E-state index is 12.7. The number of methoxy groups -OCH3 is 2. The molecule has 2 aromatic carbocycles. The molecule has 7 heteroatoms. The van der Waals surface area contributed by atoms with Crippen LogP contribution in [0.3, 0.4) is 0 Å². The maximum Gasteiger partial charge on any atom is 0.295 e. The molecule has 1 N–H and O–H groups in total. The monoisotopic (exact) mass is 398 g/mol. The third-order valence-corrected chi connectivity index (χ3v) is 5.30. The van der Waals surface area contributed by atoms with E-state index in [1.54, 1.807) is 32.4 Å². The highest BCUT2D eigenvalue weighted by Crippen LogP contribution is 2.34. The lowest BCUT2D eigenvalue weighted by molar-refractivity contribution is -0.122. The Morgan fingerprint density at radius 2 is 1.79 bits per heavy atom. The summed E-state index contributed by atoms with van der Waals surface area (Å²) in [4.78, 5) is 26.6. The van der Waals surface area contributed by atoms with Crippen molar-refractivity contribution < 1.29 is 19.1 Å². The standard InChI is InChI=1S/C21H22N2O4S/c1-13-5-7-16(14(2)9-13)22-12-23-20(24)19(28-21(23)25)11-15-6-8-17(26-3)18(10-15)27-4/h5-11,22H,12H2,1-4H3. The van der Waals surface area contributed by atoms with Gasteiger partial charge in [0, 0.05) is 5.69 Å². The van der Waals surface area contributed by atoms with Crippen molar-refractivity contribution in [2.24, 2.45) is 0 Å². The second-order valence-electron chi connectivity index (χ2n) is 6.38. The zero-order chi connectivity index (χ0) is 20.3. The summed E-state index contributed by atoms with van der Waals surface area (Å²) in [5.74, 6) is 0.847. The molecule has 0 saturated carbocycles. The Morgan fingerprint density at radius 3 is 2.46 bits per heavy atom. The summed E-state index contributed by atoms with van der Waals surface area (Å²) >= 11 is 0.928. The van der Waals surface area contributed by atoms with Crippen LogP contribution >= 0.6 is 11.8 Å². The number of carbonyl (C=O) groups excluding carboxylic acids is 2. The van der Waals surface area contributed by atoms with E-state index in [2.05, 4.69) is 5.32 Å². The van der Waals surface area contributed by atoms with Gasteiger partial charge in [-0.1, -0.05) is 23.8 Å². The number of benzene rings is 2. The smallest absolute Gasteiger partial charge is 0.295 e. The van der Waals surface area contributed by atoms with Crippen LogP contribution in [0.1, 0.15) is 16.7 Å². The van der Waals surface area contributed by atoms with Gasteiger partial charge in [0.1, 0.15) is 0 Å². The normalized spacial score (nSPS) is 15.3. The molecule has 1 heterocycles. The minimum atomic E-state index is -0.318. The van der Waals surface area contributed by atoms with Gasteiger partial charge in [0.25, 0.3) is 11.1 Å². The van der Waals surface area contributed by atoms with Crippen LogP contribution in [0.2, 0.25) is 0 Å². The molecular weight excluding hydrogens is 376 g/mol. The van der Waals surface area contributed by atoms with Gasteiger partial charge in [0.15, 0.2) is 11.5 Å². The fraction of sp³-hybridized carbons (Fsp3) is 0.238. The van der Waals surface area contributed by atoms with Gasteiger partial charge in [-0.25, -0.2) is 0 Å². The molecule has 1 fully saturated rings. The molecule has 0 aromatic heterocycles. The van der Waals surface area contributed by atoms with Crippen LogP contribution in [0.25, 0.3) is 6.08 Å². The number of nitrogens with one attached hydrogen (secondary N) is 1. The average molecular weight is 398 g/mol. The quantitative estimate of drug-likeness (QED) is 0.726. The Hall–Kier alpha value is -2.93. The Balaban J connectivity index is 1.75. The highest BCUT2D eigenvalue weighted by Gasteiger charge is 2.34. The summed E-state index contributed by atoms with van der Waals surface area (Å²) in [5.41, 5.74) is 3.87. The Bertz CT molecular complexity index is 955. The fourth-order valence-corrected chi connectivity index (χ4v) is 3.74. The Kier molecular flexibility index (Phi) is 5.94. The predicted octanol–water partition coefficient (Wildman–Crippen LogP) is 4.43. The van der Waals surface area contributed by atoms with Crippen LogP contribution in [-0.4, -0.2) is 36.9 Å². The van der Waals surface area contributed by atoms with Crippen LogP contribution in [0, 0.1) is 13.8 Å². The van der Waals surface area contributed by atoms with Crippen LogP contribution in [-0.2, 0) is 4.79 Å². The SMILES string of the molecule is COc1ccc(C=C2SC(=O)N(CNc3ccc(C)cc3C)C2=O)cc1OC. The number of thioether (sulfide) groups is 1. The van der Waals surface area contributed by atoms with Crippen molar-refractivity contribution in [3.05, 3.63) is 58.0 Å². The number of anilines is 1. The predicted molar refractivity (Wildman–Crippen MR) is 112 cm³/mol. The number of nitrogens with zero attached hydrogens (tertiary/aromatic N) is 1. The minimum absolute atomic E-state index is 0.123. The van der Waals surface area contributed by atoms with Gasteiger partial charge in [-0.05, 0) is 61.0 Å². The average Bonchev–Trinajstić information content (AvgIpc) is 2.94. The van der Waals surface area contributed by atoms with Crippen molar-refractivity contribution in [1.82, 2.24) is 4.90 Å². The van der Waals surface area contributed by atoms with Gasteiger partial charge in [0.2, 0.25) is 0 Å². The molecule has 1 saturated heterocycles. The van der Waals surface area contributed by atoms with E-state index < -0.39 is 0 Å². The number of carbonyl (C=O) groups is 2. The maximum absolute atomic E-state index is 12.7. The highest BCUT2D eigenvalue weighted by atomic mass is 32.2. The van der Waals surface area contributed by atoms with Crippen LogP contribution < -0.4 is 14.8 Å². The molecule has 1 aliphatic heterocycles. The van der Waals surface area contributed by atoms with E-state index in [-0.39, 0.29) is 17.8 Å². The van der Waals surface area contributed by atoms with Crippen LogP contribution in [0.15, 0.2) is 41.3 Å². The molecule has 146 valence electrons. The van der Waals surface area contributed by atoms with Gasteiger partial charge in [-0.2, -0.15) is 0 Å². The zero-order valence-electron chi connectivity index (χ0n) is 16.2. The third-order valence-electron chi connectivity index (χ3n) is 4.39. The first-order valence-electron chi connectivity index (χ1n) is 8.71. The number of hydrogen-bond donors (Lipinski definition) is 1. The number of amides is 2. The molecule has 0 spiro atoms. The Morgan fingerprint density at radius 1 is 1.04 bits per heavy atom. The third kappa shape index (κ3) is 4.14. The first-order chi connectivity index (χ1) is 13.4. The largest absolute Gasteiger partial charge is 0.493 e. The van der Waals surface area contributed by atoms with Gasteiger partial charge in [0.05, 0.1) is 25.8 Å². The van der Waals surface area contributed by atoms with E-state index in [0.717, 1.165) is 34.1 Å². The molecule has 0 unspecified atom stereocenters. The number of hydrogen-bond acceptors (Lipinski definition) is 6. The van der Waals surface area contributed by atoms with Crippen molar-refractivity contribution in [3.63, 3.8) is 0 Å². The topological polar surface area (TPSA) is 67.9 Å². The number of imide groups is 1. The summed E-state index contributed by atoms with van der Waals surface area (Å²) in [6.45, 7) is 4.13. The molecule has 0 aliphatic carbocycles. The molecule has 2 aromatic rings. The lowest BCUT2D eigenvalue weighted by Gasteiger charge is -2.16. The van der Waals surface area contributed by atoms with E-state index in [1.165, 1.54) is 4.90 Å². The summed E-state index contributed by atoms with van der Waals surface area (Å²) in [6, 6.07) is 11.3.